The molecule has 0 saturated heterocycles. The first-order valence-electron chi connectivity index (χ1n) is 5.51. The van der Waals surface area contributed by atoms with E-state index in [1.807, 2.05) is 13.0 Å². The lowest BCUT2D eigenvalue weighted by atomic mass is 10.1. The van der Waals surface area contributed by atoms with E-state index in [1.54, 1.807) is 30.8 Å². The van der Waals surface area contributed by atoms with Crippen molar-refractivity contribution >= 4 is 29.2 Å². The molecule has 0 fully saturated rings. The Hall–Kier alpha value is -0.910. The number of benzene rings is 1. The summed E-state index contributed by atoms with van der Waals surface area (Å²) in [7, 11) is 0. The van der Waals surface area contributed by atoms with Gasteiger partial charge in [0, 0.05) is 21.6 Å². The van der Waals surface area contributed by atoms with Gasteiger partial charge in [0.05, 0.1) is 6.10 Å². The lowest BCUT2D eigenvalue weighted by molar-refractivity contribution is 0.196. The number of hydrogen-bond donors (Lipinski definition) is 3. The minimum atomic E-state index is -0.356. The number of aliphatic hydroxyl groups excluding tert-OH is 1. The molecule has 18 heavy (non-hydrogen) atoms. The highest BCUT2D eigenvalue weighted by atomic mass is 35.5. The highest BCUT2D eigenvalue weighted by molar-refractivity contribution is 7.99. The van der Waals surface area contributed by atoms with E-state index in [2.05, 4.69) is 5.16 Å². The van der Waals surface area contributed by atoms with Crippen LogP contribution in [0.5, 0.6) is 0 Å². The number of nitrogens with zero attached hydrogens (tertiary/aromatic N) is 1. The summed E-state index contributed by atoms with van der Waals surface area (Å²) < 4.78 is 0. The fourth-order valence-electron chi connectivity index (χ4n) is 1.24. The van der Waals surface area contributed by atoms with E-state index >= 15 is 0 Å². The molecule has 2 atom stereocenters. The molecule has 4 N–H and O–H groups in total. The van der Waals surface area contributed by atoms with Crippen LogP contribution in [-0.2, 0) is 5.75 Å². The van der Waals surface area contributed by atoms with Gasteiger partial charge in [-0.15, -0.1) is 0 Å². The number of amidine groups is 1. The van der Waals surface area contributed by atoms with Crippen LogP contribution in [0.4, 0.5) is 0 Å². The van der Waals surface area contributed by atoms with Gasteiger partial charge in [0.2, 0.25) is 0 Å². The third-order valence-corrected chi connectivity index (χ3v) is 4.39. The zero-order valence-corrected chi connectivity index (χ0v) is 11.9. The van der Waals surface area contributed by atoms with Gasteiger partial charge in [-0.2, -0.15) is 11.8 Å². The average Bonchev–Trinajstić information content (AvgIpc) is 2.35. The minimum absolute atomic E-state index is 0.0356. The predicted octanol–water partition coefficient (Wildman–Crippen LogP) is 2.44. The molecule has 0 aromatic heterocycles. The molecule has 6 heteroatoms. The van der Waals surface area contributed by atoms with Crippen molar-refractivity contribution in [2.45, 2.75) is 31.0 Å². The molecule has 2 unspecified atom stereocenters. The Labute approximate surface area is 116 Å². The quantitative estimate of drug-likeness (QED) is 0.336. The standard InChI is InChI=1S/C12H17ClN2O2S/c1-7(16)8(2)18-6-10-4-3-9(5-11(10)13)12(14)15-17/h3-5,7-8,16-17H,6H2,1-2H3,(H2,14,15). The van der Waals surface area contributed by atoms with E-state index in [1.165, 1.54) is 0 Å². The first kappa shape index (κ1) is 15.1. The van der Waals surface area contributed by atoms with E-state index < -0.39 is 0 Å². The Balaban J connectivity index is 2.74. The monoisotopic (exact) mass is 288 g/mol. The zero-order chi connectivity index (χ0) is 13.7. The summed E-state index contributed by atoms with van der Waals surface area (Å²) in [6.45, 7) is 3.73. The van der Waals surface area contributed by atoms with Gasteiger partial charge >= 0.3 is 0 Å². The Morgan fingerprint density at radius 1 is 1.50 bits per heavy atom. The van der Waals surface area contributed by atoms with Crippen molar-refractivity contribution in [1.82, 2.24) is 0 Å². The smallest absolute Gasteiger partial charge is 0.170 e. The van der Waals surface area contributed by atoms with Crippen molar-refractivity contribution in [3.8, 4) is 0 Å². The summed E-state index contributed by atoms with van der Waals surface area (Å²) in [5.41, 5.74) is 7.02. The first-order chi connectivity index (χ1) is 8.45. The fraction of sp³-hybridized carbons (Fsp3) is 0.417. The van der Waals surface area contributed by atoms with Crippen LogP contribution in [0.2, 0.25) is 5.02 Å². The van der Waals surface area contributed by atoms with E-state index in [4.69, 9.17) is 22.5 Å². The number of oxime groups is 1. The molecule has 4 nitrogen and oxygen atoms in total. The minimum Gasteiger partial charge on any atom is -0.409 e. The zero-order valence-electron chi connectivity index (χ0n) is 10.3. The Morgan fingerprint density at radius 3 is 2.67 bits per heavy atom. The SMILES string of the molecule is CC(O)C(C)SCc1ccc(/C(N)=N/O)cc1Cl. The number of thioether (sulfide) groups is 1. The van der Waals surface area contributed by atoms with E-state index in [0.717, 1.165) is 5.56 Å². The van der Waals surface area contributed by atoms with E-state index in [9.17, 15) is 5.11 Å². The third kappa shape index (κ3) is 4.08. The van der Waals surface area contributed by atoms with Gasteiger partial charge in [-0.3, -0.25) is 0 Å². The molecular weight excluding hydrogens is 272 g/mol. The van der Waals surface area contributed by atoms with Crippen LogP contribution in [0.25, 0.3) is 0 Å². The Bertz CT molecular complexity index is 438. The normalized spacial score (nSPS) is 15.4. The molecule has 100 valence electrons. The summed E-state index contributed by atoms with van der Waals surface area (Å²) in [6.07, 6.45) is -0.356. The van der Waals surface area contributed by atoms with Crippen molar-refractivity contribution in [3.63, 3.8) is 0 Å². The van der Waals surface area contributed by atoms with Crippen LogP contribution in [-0.4, -0.2) is 27.5 Å². The van der Waals surface area contributed by atoms with Gasteiger partial charge < -0.3 is 16.0 Å². The third-order valence-electron chi connectivity index (χ3n) is 2.64. The van der Waals surface area contributed by atoms with Crippen molar-refractivity contribution in [1.29, 1.82) is 0 Å². The van der Waals surface area contributed by atoms with Crippen LogP contribution in [0, 0.1) is 0 Å². The topological polar surface area (TPSA) is 78.8 Å². The molecule has 0 aliphatic carbocycles. The number of aliphatic hydroxyl groups is 1. The molecule has 0 aliphatic rings. The molecule has 0 saturated carbocycles. The molecule has 0 heterocycles. The fourth-order valence-corrected chi connectivity index (χ4v) is 2.54. The summed E-state index contributed by atoms with van der Waals surface area (Å²) in [4.78, 5) is 0. The largest absolute Gasteiger partial charge is 0.409 e. The second-order valence-electron chi connectivity index (χ2n) is 4.05. The van der Waals surface area contributed by atoms with E-state index in [0.29, 0.717) is 16.3 Å². The first-order valence-corrected chi connectivity index (χ1v) is 6.94. The molecule has 0 spiro atoms. The number of halogens is 1. The molecule has 0 radical (unpaired) electrons. The van der Waals surface area contributed by atoms with Crippen LogP contribution in [0.15, 0.2) is 23.4 Å². The van der Waals surface area contributed by atoms with E-state index in [-0.39, 0.29) is 17.2 Å². The lowest BCUT2D eigenvalue weighted by Crippen LogP contribution is -2.15. The lowest BCUT2D eigenvalue weighted by Gasteiger charge is -2.14. The van der Waals surface area contributed by atoms with Gasteiger partial charge in [0.25, 0.3) is 0 Å². The average molecular weight is 289 g/mol. The number of hydrogen-bond acceptors (Lipinski definition) is 4. The summed E-state index contributed by atoms with van der Waals surface area (Å²) in [6, 6.07) is 5.26. The molecule has 0 bridgehead atoms. The second kappa shape index (κ2) is 6.87. The Morgan fingerprint density at radius 2 is 2.17 bits per heavy atom. The van der Waals surface area contributed by atoms with Crippen LogP contribution in [0.3, 0.4) is 0 Å². The maximum atomic E-state index is 9.40. The maximum absolute atomic E-state index is 9.40. The second-order valence-corrected chi connectivity index (χ2v) is 5.82. The molecule has 0 aliphatic heterocycles. The molecule has 1 aromatic rings. The predicted molar refractivity (Wildman–Crippen MR) is 76.4 cm³/mol. The van der Waals surface area contributed by atoms with Crippen molar-refractivity contribution in [2.75, 3.05) is 0 Å². The van der Waals surface area contributed by atoms with Gasteiger partial charge in [0.1, 0.15) is 0 Å². The molecule has 0 amide bonds. The summed E-state index contributed by atoms with van der Waals surface area (Å²) in [5, 5.41) is 21.6. The van der Waals surface area contributed by atoms with Gasteiger partial charge in [-0.1, -0.05) is 35.8 Å². The van der Waals surface area contributed by atoms with Crippen LogP contribution < -0.4 is 5.73 Å². The number of rotatable bonds is 5. The van der Waals surface area contributed by atoms with Gasteiger partial charge in [0.15, 0.2) is 5.84 Å². The highest BCUT2D eigenvalue weighted by Gasteiger charge is 2.11. The maximum Gasteiger partial charge on any atom is 0.170 e. The summed E-state index contributed by atoms with van der Waals surface area (Å²) >= 11 is 7.75. The van der Waals surface area contributed by atoms with Crippen molar-refractivity contribution in [2.24, 2.45) is 10.9 Å². The van der Waals surface area contributed by atoms with Crippen molar-refractivity contribution in [3.05, 3.63) is 34.3 Å². The molecule has 1 rings (SSSR count). The molecule has 1 aromatic carbocycles. The van der Waals surface area contributed by atoms with Gasteiger partial charge in [-0.05, 0) is 18.6 Å². The highest BCUT2D eigenvalue weighted by Crippen LogP contribution is 2.26. The van der Waals surface area contributed by atoms with Crippen molar-refractivity contribution < 1.29 is 10.3 Å². The van der Waals surface area contributed by atoms with Crippen LogP contribution >= 0.6 is 23.4 Å². The number of nitrogens with two attached hydrogens (primary N) is 1. The van der Waals surface area contributed by atoms with Crippen LogP contribution in [0.1, 0.15) is 25.0 Å². The Kier molecular flexibility index (Phi) is 5.78. The van der Waals surface area contributed by atoms with Gasteiger partial charge in [-0.25, -0.2) is 0 Å². The molecular formula is C12H17ClN2O2S. The summed E-state index contributed by atoms with van der Waals surface area (Å²) in [5.74, 6) is 0.745.